The van der Waals surface area contributed by atoms with E-state index in [1.807, 2.05) is 61.5 Å². The summed E-state index contributed by atoms with van der Waals surface area (Å²) < 4.78 is 17.7. The molecule has 1 saturated heterocycles. The van der Waals surface area contributed by atoms with Crippen molar-refractivity contribution >= 4 is 25.1 Å². The lowest BCUT2D eigenvalue weighted by Crippen LogP contribution is -2.41. The third-order valence-electron chi connectivity index (χ3n) is 4.91. The number of amides is 1. The molecule has 0 spiro atoms. The van der Waals surface area contributed by atoms with Crippen LogP contribution in [-0.2, 0) is 14.0 Å². The monoisotopic (exact) mass is 389 g/mol. The van der Waals surface area contributed by atoms with Crippen LogP contribution >= 0.6 is 0 Å². The molecule has 0 radical (unpaired) electrons. The highest BCUT2D eigenvalue weighted by Gasteiger charge is 2.52. The molecule has 0 aromatic carbocycles. The summed E-state index contributed by atoms with van der Waals surface area (Å²) in [5.74, 6) is 0.457. The van der Waals surface area contributed by atoms with E-state index in [0.29, 0.717) is 5.82 Å². The zero-order chi connectivity index (χ0) is 21.3. The van der Waals surface area contributed by atoms with E-state index in [4.69, 9.17) is 19.8 Å². The van der Waals surface area contributed by atoms with Crippen molar-refractivity contribution in [2.24, 2.45) is 0 Å². The minimum absolute atomic E-state index is 0.218. The minimum Gasteiger partial charge on any atom is -0.444 e. The molecule has 0 saturated carbocycles. The number of ether oxygens (including phenoxy) is 1. The Balaban J connectivity index is 2.28. The van der Waals surface area contributed by atoms with E-state index in [9.17, 15) is 4.79 Å². The number of carbonyl (C=O) groups is 1. The van der Waals surface area contributed by atoms with E-state index in [2.05, 4.69) is 10.3 Å². The summed E-state index contributed by atoms with van der Waals surface area (Å²) in [5, 5.41) is 2.79. The standard InChI is InChI=1S/C20H32BN3O4/c1-13-9-16(22)23-11-14(13)10-15(12-24-17(25)26-18(2,3)4)21-27-19(5,6)20(7,8)28-21/h9-11H,12H2,1-8H3,(H2,22,23)(H,24,25). The van der Waals surface area contributed by atoms with Crippen molar-refractivity contribution in [1.29, 1.82) is 0 Å². The SMILES string of the molecule is Cc1cc(N)ncc1C=C(CNC(=O)OC(C)(C)C)B1OC(C)(C)C(C)(C)O1. The van der Waals surface area contributed by atoms with E-state index in [1.54, 1.807) is 12.3 Å². The van der Waals surface area contributed by atoms with Crippen LogP contribution < -0.4 is 11.1 Å². The van der Waals surface area contributed by atoms with Gasteiger partial charge in [0.25, 0.3) is 0 Å². The number of pyridine rings is 1. The van der Waals surface area contributed by atoms with Crippen molar-refractivity contribution in [2.75, 3.05) is 12.3 Å². The molecular formula is C20H32BN3O4. The summed E-state index contributed by atoms with van der Waals surface area (Å²) in [5.41, 5.74) is 6.82. The van der Waals surface area contributed by atoms with Crippen LogP contribution in [0.5, 0.6) is 0 Å². The number of nitrogens with zero attached hydrogens (tertiary/aromatic N) is 1. The van der Waals surface area contributed by atoms with Gasteiger partial charge >= 0.3 is 13.2 Å². The van der Waals surface area contributed by atoms with Gasteiger partial charge in [-0.15, -0.1) is 0 Å². The maximum absolute atomic E-state index is 12.1. The number of carbonyl (C=O) groups excluding carboxylic acids is 1. The molecule has 1 aromatic heterocycles. The lowest BCUT2D eigenvalue weighted by atomic mass is 9.76. The van der Waals surface area contributed by atoms with Crippen LogP contribution in [0.4, 0.5) is 10.6 Å². The molecule has 7 nitrogen and oxygen atoms in total. The van der Waals surface area contributed by atoms with Crippen LogP contribution in [0.25, 0.3) is 6.08 Å². The topological polar surface area (TPSA) is 95.7 Å². The highest BCUT2D eigenvalue weighted by atomic mass is 16.7. The molecule has 1 fully saturated rings. The Morgan fingerprint density at radius 1 is 1.29 bits per heavy atom. The first-order valence-corrected chi connectivity index (χ1v) is 9.45. The van der Waals surface area contributed by atoms with Gasteiger partial charge in [0.05, 0.1) is 11.2 Å². The Kier molecular flexibility index (Phi) is 6.16. The smallest absolute Gasteiger partial charge is 0.444 e. The number of hydrogen-bond acceptors (Lipinski definition) is 6. The van der Waals surface area contributed by atoms with E-state index in [-0.39, 0.29) is 6.54 Å². The molecule has 2 heterocycles. The quantitative estimate of drug-likeness (QED) is 0.765. The summed E-state index contributed by atoms with van der Waals surface area (Å²) in [4.78, 5) is 16.3. The largest absolute Gasteiger partial charge is 0.492 e. The highest BCUT2D eigenvalue weighted by Crippen LogP contribution is 2.38. The second-order valence-electron chi connectivity index (χ2n) is 9.13. The fraction of sp³-hybridized carbons (Fsp3) is 0.600. The first-order valence-electron chi connectivity index (χ1n) is 9.45. The van der Waals surface area contributed by atoms with Crippen LogP contribution in [0.3, 0.4) is 0 Å². The van der Waals surface area contributed by atoms with Gasteiger partial charge in [0, 0.05) is 12.7 Å². The Labute approximate surface area is 168 Å². The molecule has 28 heavy (non-hydrogen) atoms. The zero-order valence-electron chi connectivity index (χ0n) is 18.2. The number of nitrogens with one attached hydrogen (secondary N) is 1. The fourth-order valence-corrected chi connectivity index (χ4v) is 2.62. The fourth-order valence-electron chi connectivity index (χ4n) is 2.62. The van der Waals surface area contributed by atoms with Gasteiger partial charge in [0.15, 0.2) is 0 Å². The van der Waals surface area contributed by atoms with Crippen LogP contribution in [0, 0.1) is 6.92 Å². The number of nitrogens with two attached hydrogens (primary N) is 1. The second-order valence-corrected chi connectivity index (χ2v) is 9.13. The first-order chi connectivity index (χ1) is 12.7. The van der Waals surface area contributed by atoms with Crippen molar-refractivity contribution in [3.63, 3.8) is 0 Å². The van der Waals surface area contributed by atoms with Crippen molar-refractivity contribution < 1.29 is 18.8 Å². The summed E-state index contributed by atoms with van der Waals surface area (Å²) in [6.07, 6.45) is 3.12. The molecule has 154 valence electrons. The lowest BCUT2D eigenvalue weighted by Gasteiger charge is -2.32. The van der Waals surface area contributed by atoms with Gasteiger partial charge in [0.2, 0.25) is 0 Å². The second kappa shape index (κ2) is 7.76. The van der Waals surface area contributed by atoms with Crippen molar-refractivity contribution in [3.05, 3.63) is 28.9 Å². The van der Waals surface area contributed by atoms with Gasteiger partial charge in [-0.2, -0.15) is 0 Å². The Morgan fingerprint density at radius 3 is 2.36 bits per heavy atom. The number of aryl methyl sites for hydroxylation is 1. The number of hydrogen-bond donors (Lipinski definition) is 2. The van der Waals surface area contributed by atoms with Crippen molar-refractivity contribution in [2.45, 2.75) is 72.2 Å². The molecule has 0 unspecified atom stereocenters. The molecule has 3 N–H and O–H groups in total. The van der Waals surface area contributed by atoms with Gasteiger partial charge in [0.1, 0.15) is 11.4 Å². The van der Waals surface area contributed by atoms with E-state index >= 15 is 0 Å². The molecule has 0 aliphatic carbocycles. The maximum atomic E-state index is 12.1. The molecule has 1 aromatic rings. The third-order valence-corrected chi connectivity index (χ3v) is 4.91. The molecule has 0 atom stereocenters. The number of aromatic nitrogens is 1. The molecule has 2 rings (SSSR count). The Hall–Kier alpha value is -2.06. The van der Waals surface area contributed by atoms with Gasteiger partial charge < -0.3 is 25.1 Å². The third kappa shape index (κ3) is 5.48. The lowest BCUT2D eigenvalue weighted by molar-refractivity contribution is 0.00578. The van der Waals surface area contributed by atoms with Gasteiger partial charge in [-0.3, -0.25) is 0 Å². The minimum atomic E-state index is -0.600. The van der Waals surface area contributed by atoms with Gasteiger partial charge in [-0.05, 0) is 78.1 Å². The molecule has 8 heteroatoms. The molecule has 1 aliphatic rings. The maximum Gasteiger partial charge on any atom is 0.492 e. The number of rotatable bonds is 4. The molecule has 1 aliphatic heterocycles. The Morgan fingerprint density at radius 2 is 1.86 bits per heavy atom. The highest BCUT2D eigenvalue weighted by molar-refractivity contribution is 6.56. The predicted molar refractivity (Wildman–Crippen MR) is 112 cm³/mol. The van der Waals surface area contributed by atoms with Crippen LogP contribution in [0.15, 0.2) is 17.7 Å². The van der Waals surface area contributed by atoms with Crippen molar-refractivity contribution in [3.8, 4) is 0 Å². The predicted octanol–water partition coefficient (Wildman–Crippen LogP) is 3.51. The van der Waals surface area contributed by atoms with E-state index in [1.165, 1.54) is 0 Å². The number of nitrogen functional groups attached to an aromatic ring is 1. The van der Waals surface area contributed by atoms with Gasteiger partial charge in [-0.25, -0.2) is 9.78 Å². The average molecular weight is 389 g/mol. The summed E-state index contributed by atoms with van der Waals surface area (Å²) in [6.45, 7) is 15.6. The van der Waals surface area contributed by atoms with Gasteiger partial charge in [-0.1, -0.05) is 6.08 Å². The summed E-state index contributed by atoms with van der Waals surface area (Å²) in [7, 11) is -0.600. The first kappa shape index (κ1) is 22.2. The number of anilines is 1. The molecule has 1 amide bonds. The number of alkyl carbamates (subject to hydrolysis) is 1. The molecule has 0 bridgehead atoms. The Bertz CT molecular complexity index is 753. The van der Waals surface area contributed by atoms with E-state index < -0.39 is 30.0 Å². The average Bonchev–Trinajstić information content (AvgIpc) is 2.71. The normalized spacial score (nSPS) is 18.9. The van der Waals surface area contributed by atoms with E-state index in [0.717, 1.165) is 16.6 Å². The molecular weight excluding hydrogens is 357 g/mol. The van der Waals surface area contributed by atoms with Crippen molar-refractivity contribution in [1.82, 2.24) is 10.3 Å². The summed E-state index contributed by atoms with van der Waals surface area (Å²) in [6, 6.07) is 1.80. The van der Waals surface area contributed by atoms with Crippen LogP contribution in [-0.4, -0.2) is 41.5 Å². The van der Waals surface area contributed by atoms with Crippen LogP contribution in [0.2, 0.25) is 0 Å². The van der Waals surface area contributed by atoms with Crippen LogP contribution in [0.1, 0.15) is 59.6 Å². The summed E-state index contributed by atoms with van der Waals surface area (Å²) >= 11 is 0. The zero-order valence-corrected chi connectivity index (χ0v) is 18.2.